The van der Waals surface area contributed by atoms with E-state index >= 15 is 0 Å². The molecule has 0 aliphatic rings. The van der Waals surface area contributed by atoms with Gasteiger partial charge in [0.1, 0.15) is 11.4 Å². The van der Waals surface area contributed by atoms with Gasteiger partial charge in [0.15, 0.2) is 0 Å². The lowest BCUT2D eigenvalue weighted by molar-refractivity contribution is 0.0285. The van der Waals surface area contributed by atoms with E-state index in [0.717, 1.165) is 10.0 Å². The van der Waals surface area contributed by atoms with Crippen molar-refractivity contribution in [1.82, 2.24) is 13.9 Å². The Hall–Kier alpha value is -3.40. The van der Waals surface area contributed by atoms with Crippen LogP contribution in [0.25, 0.3) is 11.3 Å². The standard InChI is InChI=1S/C22H24FN3O5S/c1-22(2,3)31-21(28)25(4)13-15-11-19(18-9-6-10-24-20(18)23)26(14-15)32(29,30)17-8-5-7-16(27)12-17/h5-12,14,27H,13H2,1-4H3. The first-order chi connectivity index (χ1) is 14.9. The lowest BCUT2D eigenvalue weighted by Crippen LogP contribution is -2.33. The van der Waals surface area contributed by atoms with Crippen molar-refractivity contribution in [3.8, 4) is 17.0 Å². The smallest absolute Gasteiger partial charge is 0.410 e. The molecular formula is C22H24FN3O5S. The second-order valence-electron chi connectivity index (χ2n) is 8.21. The zero-order valence-electron chi connectivity index (χ0n) is 18.1. The second kappa shape index (κ2) is 8.62. The number of phenols is 1. The minimum Gasteiger partial charge on any atom is -0.508 e. The molecule has 3 aromatic rings. The van der Waals surface area contributed by atoms with Gasteiger partial charge in [-0.1, -0.05) is 6.07 Å². The fraction of sp³-hybridized carbons (Fsp3) is 0.273. The SMILES string of the molecule is CN(Cc1cc(-c2cccnc2F)n(S(=O)(=O)c2cccc(O)c2)c1)C(=O)OC(C)(C)C. The highest BCUT2D eigenvalue weighted by Crippen LogP contribution is 2.30. The predicted octanol–water partition coefficient (Wildman–Crippen LogP) is 4.00. The van der Waals surface area contributed by atoms with E-state index in [1.165, 1.54) is 60.7 Å². The molecule has 0 aliphatic heterocycles. The first kappa shape index (κ1) is 23.3. The fourth-order valence-corrected chi connectivity index (χ4v) is 4.42. The number of phenolic OH excluding ortho intramolecular Hbond substituents is 1. The normalized spacial score (nSPS) is 11.9. The summed E-state index contributed by atoms with van der Waals surface area (Å²) in [6.45, 7) is 5.23. The van der Waals surface area contributed by atoms with Crippen molar-refractivity contribution in [2.24, 2.45) is 0 Å². The predicted molar refractivity (Wildman–Crippen MR) is 116 cm³/mol. The third-order valence-corrected chi connectivity index (χ3v) is 6.05. The van der Waals surface area contributed by atoms with Crippen LogP contribution in [-0.2, 0) is 21.3 Å². The summed E-state index contributed by atoms with van der Waals surface area (Å²) in [5, 5.41) is 9.73. The fourth-order valence-electron chi connectivity index (χ4n) is 2.99. The van der Waals surface area contributed by atoms with Crippen LogP contribution in [0.5, 0.6) is 5.75 Å². The molecule has 0 unspecified atom stereocenters. The van der Waals surface area contributed by atoms with Gasteiger partial charge >= 0.3 is 6.09 Å². The third kappa shape index (κ3) is 5.08. The minimum absolute atomic E-state index is 0.0202. The number of amides is 1. The van der Waals surface area contributed by atoms with E-state index in [2.05, 4.69) is 4.98 Å². The van der Waals surface area contributed by atoms with Gasteiger partial charge in [0.25, 0.3) is 10.0 Å². The quantitative estimate of drug-likeness (QED) is 0.577. The van der Waals surface area contributed by atoms with Crippen molar-refractivity contribution in [3.63, 3.8) is 0 Å². The van der Waals surface area contributed by atoms with Crippen LogP contribution >= 0.6 is 0 Å². The average Bonchev–Trinajstić information content (AvgIpc) is 3.11. The monoisotopic (exact) mass is 461 g/mol. The molecule has 1 N–H and O–H groups in total. The Morgan fingerprint density at radius 3 is 2.56 bits per heavy atom. The molecule has 10 heteroatoms. The number of aromatic nitrogens is 2. The molecular weight excluding hydrogens is 437 g/mol. The molecule has 0 saturated carbocycles. The number of carbonyl (C=O) groups excluding carboxylic acids is 1. The Labute approximate surface area is 185 Å². The largest absolute Gasteiger partial charge is 0.508 e. The zero-order valence-corrected chi connectivity index (χ0v) is 18.9. The number of ether oxygens (including phenoxy) is 1. The van der Waals surface area contributed by atoms with Gasteiger partial charge in [-0.2, -0.15) is 4.39 Å². The maximum atomic E-state index is 14.5. The van der Waals surface area contributed by atoms with Crippen LogP contribution in [0.1, 0.15) is 26.3 Å². The summed E-state index contributed by atoms with van der Waals surface area (Å²) in [6.07, 6.45) is 1.98. The number of aromatic hydroxyl groups is 1. The topological polar surface area (TPSA) is 102 Å². The van der Waals surface area contributed by atoms with Crippen LogP contribution in [0.4, 0.5) is 9.18 Å². The van der Waals surface area contributed by atoms with Crippen LogP contribution in [-0.4, -0.2) is 46.1 Å². The van der Waals surface area contributed by atoms with E-state index in [0.29, 0.717) is 5.56 Å². The Kier molecular flexibility index (Phi) is 6.27. The summed E-state index contributed by atoms with van der Waals surface area (Å²) < 4.78 is 47.3. The Morgan fingerprint density at radius 2 is 1.94 bits per heavy atom. The summed E-state index contributed by atoms with van der Waals surface area (Å²) in [6, 6.07) is 9.54. The number of rotatable bonds is 5. The summed E-state index contributed by atoms with van der Waals surface area (Å²) in [5.74, 6) is -1.07. The number of hydrogen-bond acceptors (Lipinski definition) is 6. The molecule has 170 valence electrons. The van der Waals surface area contributed by atoms with Gasteiger partial charge in [0.05, 0.1) is 22.7 Å². The number of pyridine rings is 1. The molecule has 0 aliphatic carbocycles. The lowest BCUT2D eigenvalue weighted by Gasteiger charge is -2.24. The highest BCUT2D eigenvalue weighted by molar-refractivity contribution is 7.90. The van der Waals surface area contributed by atoms with Crippen molar-refractivity contribution < 1.29 is 27.4 Å². The number of hydrogen-bond donors (Lipinski definition) is 1. The van der Waals surface area contributed by atoms with E-state index in [4.69, 9.17) is 4.74 Å². The number of benzene rings is 1. The van der Waals surface area contributed by atoms with Gasteiger partial charge in [0, 0.05) is 25.5 Å². The molecule has 32 heavy (non-hydrogen) atoms. The molecule has 1 amide bonds. The van der Waals surface area contributed by atoms with Crippen LogP contribution in [0, 0.1) is 5.95 Å². The lowest BCUT2D eigenvalue weighted by atomic mass is 10.2. The van der Waals surface area contributed by atoms with E-state index in [1.807, 2.05) is 0 Å². The first-order valence-electron chi connectivity index (χ1n) is 9.69. The minimum atomic E-state index is -4.19. The van der Waals surface area contributed by atoms with Gasteiger partial charge in [-0.25, -0.2) is 22.2 Å². The summed E-state index contributed by atoms with van der Waals surface area (Å²) in [4.78, 5) is 17.0. The Morgan fingerprint density at radius 1 is 1.22 bits per heavy atom. The number of carbonyl (C=O) groups is 1. The van der Waals surface area contributed by atoms with Gasteiger partial charge in [0.2, 0.25) is 5.95 Å². The molecule has 0 atom stereocenters. The molecule has 2 heterocycles. The first-order valence-corrected chi connectivity index (χ1v) is 11.1. The maximum Gasteiger partial charge on any atom is 0.410 e. The van der Waals surface area contributed by atoms with E-state index in [1.54, 1.807) is 20.8 Å². The number of nitrogens with zero attached hydrogens (tertiary/aromatic N) is 3. The molecule has 2 aromatic heterocycles. The van der Waals surface area contributed by atoms with Crippen molar-refractivity contribution in [1.29, 1.82) is 0 Å². The van der Waals surface area contributed by atoms with Crippen LogP contribution in [0.2, 0.25) is 0 Å². The molecule has 0 radical (unpaired) electrons. The maximum absolute atomic E-state index is 14.5. The molecule has 1 aromatic carbocycles. The third-order valence-electron chi connectivity index (χ3n) is 4.38. The molecule has 0 saturated heterocycles. The van der Waals surface area contributed by atoms with E-state index in [9.17, 15) is 22.7 Å². The highest BCUT2D eigenvalue weighted by Gasteiger charge is 2.25. The van der Waals surface area contributed by atoms with Crippen molar-refractivity contribution in [2.45, 2.75) is 37.8 Å². The van der Waals surface area contributed by atoms with Crippen LogP contribution < -0.4 is 0 Å². The van der Waals surface area contributed by atoms with Gasteiger partial charge in [-0.05, 0) is 56.7 Å². The van der Waals surface area contributed by atoms with Crippen molar-refractivity contribution >= 4 is 16.1 Å². The van der Waals surface area contributed by atoms with Crippen molar-refractivity contribution in [2.75, 3.05) is 7.05 Å². The molecule has 0 fully saturated rings. The second-order valence-corrected chi connectivity index (χ2v) is 10.0. The average molecular weight is 462 g/mol. The van der Waals surface area contributed by atoms with Gasteiger partial charge in [-0.15, -0.1) is 0 Å². The number of halogens is 1. The zero-order chi connectivity index (χ0) is 23.7. The highest BCUT2D eigenvalue weighted by atomic mass is 32.2. The summed E-state index contributed by atoms with van der Waals surface area (Å²) in [7, 11) is -2.68. The summed E-state index contributed by atoms with van der Waals surface area (Å²) in [5.41, 5.74) is -0.255. The van der Waals surface area contributed by atoms with E-state index < -0.39 is 27.7 Å². The molecule has 0 bridgehead atoms. The summed E-state index contributed by atoms with van der Waals surface area (Å²) >= 11 is 0. The Bertz CT molecular complexity index is 1250. The van der Waals surface area contributed by atoms with E-state index in [-0.39, 0.29) is 28.4 Å². The van der Waals surface area contributed by atoms with Crippen LogP contribution in [0.15, 0.2) is 59.8 Å². The van der Waals surface area contributed by atoms with Gasteiger partial charge < -0.3 is 14.7 Å². The van der Waals surface area contributed by atoms with Crippen molar-refractivity contribution in [3.05, 3.63) is 66.4 Å². The Balaban J connectivity index is 2.07. The van der Waals surface area contributed by atoms with Gasteiger partial charge in [-0.3, -0.25) is 0 Å². The van der Waals surface area contributed by atoms with Crippen LogP contribution in [0.3, 0.4) is 0 Å². The molecule has 8 nitrogen and oxygen atoms in total. The molecule has 3 rings (SSSR count). The molecule has 0 spiro atoms.